The second-order valence-corrected chi connectivity index (χ2v) is 6.04. The fraction of sp³-hybridized carbons (Fsp3) is 0.417. The predicted molar refractivity (Wildman–Crippen MR) is 76.0 cm³/mol. The van der Waals surface area contributed by atoms with Gasteiger partial charge in [0.1, 0.15) is 0 Å². The summed E-state index contributed by atoms with van der Waals surface area (Å²) in [4.78, 5) is 0. The van der Waals surface area contributed by atoms with Gasteiger partial charge in [-0.25, -0.2) is 4.68 Å². The second-order valence-electron chi connectivity index (χ2n) is 4.49. The zero-order valence-electron chi connectivity index (χ0n) is 11.0. The first-order valence-corrected chi connectivity index (χ1v) is 7.72. The molecule has 1 heterocycles. The van der Waals surface area contributed by atoms with E-state index in [1.807, 2.05) is 25.1 Å². The summed E-state index contributed by atoms with van der Waals surface area (Å²) in [5, 5.41) is 11.7. The standard InChI is InChI=1S/C12H17N5OS/c1-9-6-10(8-11(13)7-9)12-14-15-16-17(12)4-3-5-19(2)18/h6-8H,3-5,13H2,1-2H3. The Balaban J connectivity index is 2.21. The van der Waals surface area contributed by atoms with Gasteiger partial charge in [0.15, 0.2) is 5.82 Å². The van der Waals surface area contributed by atoms with Crippen molar-refractivity contribution in [3.63, 3.8) is 0 Å². The molecule has 0 radical (unpaired) electrons. The summed E-state index contributed by atoms with van der Waals surface area (Å²) in [5.74, 6) is 1.34. The minimum atomic E-state index is -0.787. The van der Waals surface area contributed by atoms with Crippen LogP contribution in [0.1, 0.15) is 12.0 Å². The van der Waals surface area contributed by atoms with Gasteiger partial charge in [0.2, 0.25) is 0 Å². The molecule has 0 aliphatic heterocycles. The summed E-state index contributed by atoms with van der Waals surface area (Å²) in [6.45, 7) is 2.63. The zero-order chi connectivity index (χ0) is 13.8. The number of hydrogen-bond acceptors (Lipinski definition) is 5. The number of anilines is 1. The lowest BCUT2D eigenvalue weighted by atomic mass is 10.1. The molecule has 0 amide bonds. The van der Waals surface area contributed by atoms with E-state index in [0.29, 0.717) is 23.8 Å². The molecule has 0 spiro atoms. The van der Waals surface area contributed by atoms with Crippen molar-refractivity contribution in [2.45, 2.75) is 19.9 Å². The number of rotatable bonds is 5. The molecule has 2 aromatic rings. The molecule has 0 fully saturated rings. The Morgan fingerprint density at radius 3 is 2.84 bits per heavy atom. The molecule has 0 aliphatic carbocycles. The minimum Gasteiger partial charge on any atom is -0.399 e. The highest BCUT2D eigenvalue weighted by molar-refractivity contribution is 7.84. The molecule has 7 heteroatoms. The number of aromatic nitrogens is 4. The Labute approximate surface area is 114 Å². The van der Waals surface area contributed by atoms with Crippen LogP contribution in [0.4, 0.5) is 5.69 Å². The van der Waals surface area contributed by atoms with Crippen molar-refractivity contribution in [3.8, 4) is 11.4 Å². The minimum absolute atomic E-state index is 0.648. The van der Waals surface area contributed by atoms with Crippen LogP contribution in [0.25, 0.3) is 11.4 Å². The first-order chi connectivity index (χ1) is 9.06. The van der Waals surface area contributed by atoms with E-state index in [1.165, 1.54) is 0 Å². The number of nitrogen functional groups attached to an aromatic ring is 1. The molecule has 0 aliphatic rings. The van der Waals surface area contributed by atoms with Crippen molar-refractivity contribution in [2.24, 2.45) is 0 Å². The van der Waals surface area contributed by atoms with Crippen molar-refractivity contribution >= 4 is 16.5 Å². The van der Waals surface area contributed by atoms with E-state index in [0.717, 1.165) is 17.5 Å². The lowest BCUT2D eigenvalue weighted by molar-refractivity contribution is 0.583. The summed E-state index contributed by atoms with van der Waals surface area (Å²) in [6.07, 6.45) is 2.48. The van der Waals surface area contributed by atoms with E-state index >= 15 is 0 Å². The van der Waals surface area contributed by atoms with Gasteiger partial charge in [-0.2, -0.15) is 0 Å². The predicted octanol–water partition coefficient (Wildman–Crippen LogP) is 0.999. The number of nitrogens with zero attached hydrogens (tertiary/aromatic N) is 4. The van der Waals surface area contributed by atoms with Crippen LogP contribution < -0.4 is 5.73 Å². The van der Waals surface area contributed by atoms with Gasteiger partial charge in [-0.1, -0.05) is 0 Å². The van der Waals surface area contributed by atoms with Gasteiger partial charge in [-0.3, -0.25) is 4.21 Å². The average Bonchev–Trinajstić information content (AvgIpc) is 2.75. The molecule has 1 unspecified atom stereocenters. The van der Waals surface area contributed by atoms with Crippen molar-refractivity contribution in [3.05, 3.63) is 23.8 Å². The maximum atomic E-state index is 11.1. The first-order valence-electron chi connectivity index (χ1n) is 6.00. The molecule has 6 nitrogen and oxygen atoms in total. The molecule has 1 aromatic carbocycles. The third kappa shape index (κ3) is 3.60. The highest BCUT2D eigenvalue weighted by Crippen LogP contribution is 2.21. The Hall–Kier alpha value is -1.76. The van der Waals surface area contributed by atoms with Gasteiger partial charge in [0.25, 0.3) is 0 Å². The second kappa shape index (κ2) is 5.92. The Kier molecular flexibility index (Phi) is 4.26. The summed E-state index contributed by atoms with van der Waals surface area (Å²) in [7, 11) is -0.787. The third-order valence-electron chi connectivity index (χ3n) is 2.69. The molecular formula is C12H17N5OS. The zero-order valence-corrected chi connectivity index (χ0v) is 11.9. The smallest absolute Gasteiger partial charge is 0.182 e. The van der Waals surface area contributed by atoms with Crippen LogP contribution >= 0.6 is 0 Å². The van der Waals surface area contributed by atoms with Crippen LogP contribution in [0.5, 0.6) is 0 Å². The van der Waals surface area contributed by atoms with E-state index in [9.17, 15) is 4.21 Å². The van der Waals surface area contributed by atoms with Gasteiger partial charge in [-0.15, -0.1) is 5.10 Å². The molecule has 1 atom stereocenters. The highest BCUT2D eigenvalue weighted by atomic mass is 32.2. The Morgan fingerprint density at radius 1 is 1.37 bits per heavy atom. The Bertz CT molecular complexity index is 575. The fourth-order valence-electron chi connectivity index (χ4n) is 1.92. The maximum absolute atomic E-state index is 11.1. The summed E-state index contributed by atoms with van der Waals surface area (Å²) in [6, 6.07) is 5.75. The van der Waals surface area contributed by atoms with Crippen LogP contribution in [-0.2, 0) is 17.3 Å². The number of benzene rings is 1. The summed E-state index contributed by atoms with van der Waals surface area (Å²) < 4.78 is 12.8. The van der Waals surface area contributed by atoms with E-state index in [-0.39, 0.29) is 0 Å². The quantitative estimate of drug-likeness (QED) is 0.825. The van der Waals surface area contributed by atoms with Crippen LogP contribution in [-0.4, -0.2) is 36.4 Å². The number of hydrogen-bond donors (Lipinski definition) is 1. The molecule has 102 valence electrons. The van der Waals surface area contributed by atoms with Crippen LogP contribution in [0.2, 0.25) is 0 Å². The lowest BCUT2D eigenvalue weighted by Gasteiger charge is -2.06. The topological polar surface area (TPSA) is 86.7 Å². The summed E-state index contributed by atoms with van der Waals surface area (Å²) in [5.41, 5.74) is 8.50. The molecule has 0 bridgehead atoms. The van der Waals surface area contributed by atoms with Gasteiger partial charge >= 0.3 is 0 Å². The SMILES string of the molecule is Cc1cc(N)cc(-c2nnnn2CCCS(C)=O)c1. The molecule has 2 rings (SSSR count). The lowest BCUT2D eigenvalue weighted by Crippen LogP contribution is -2.06. The normalized spacial score (nSPS) is 12.5. The summed E-state index contributed by atoms with van der Waals surface area (Å²) >= 11 is 0. The molecule has 0 saturated carbocycles. The monoisotopic (exact) mass is 279 g/mol. The van der Waals surface area contributed by atoms with Crippen LogP contribution in [0, 0.1) is 6.92 Å². The van der Waals surface area contributed by atoms with Crippen molar-refractivity contribution < 1.29 is 4.21 Å². The van der Waals surface area contributed by atoms with Crippen LogP contribution in [0.15, 0.2) is 18.2 Å². The number of aryl methyl sites for hydroxylation is 2. The average molecular weight is 279 g/mol. The third-order valence-corrected chi connectivity index (χ3v) is 3.56. The fourth-order valence-corrected chi connectivity index (χ4v) is 2.46. The van der Waals surface area contributed by atoms with Crippen molar-refractivity contribution in [2.75, 3.05) is 17.7 Å². The molecule has 19 heavy (non-hydrogen) atoms. The van der Waals surface area contributed by atoms with Gasteiger partial charge in [0.05, 0.1) is 0 Å². The number of nitrogens with two attached hydrogens (primary N) is 1. The Morgan fingerprint density at radius 2 is 2.16 bits per heavy atom. The maximum Gasteiger partial charge on any atom is 0.182 e. The molecular weight excluding hydrogens is 262 g/mol. The van der Waals surface area contributed by atoms with Gasteiger partial charge in [-0.05, 0) is 47.5 Å². The van der Waals surface area contributed by atoms with Crippen LogP contribution in [0.3, 0.4) is 0 Å². The largest absolute Gasteiger partial charge is 0.399 e. The first kappa shape index (κ1) is 13.7. The molecule has 0 saturated heterocycles. The molecule has 2 N–H and O–H groups in total. The van der Waals surface area contributed by atoms with Gasteiger partial charge < -0.3 is 5.73 Å². The van der Waals surface area contributed by atoms with E-state index in [2.05, 4.69) is 15.5 Å². The van der Waals surface area contributed by atoms with E-state index < -0.39 is 10.8 Å². The van der Waals surface area contributed by atoms with E-state index in [1.54, 1.807) is 10.9 Å². The van der Waals surface area contributed by atoms with Gasteiger partial charge in [0, 0.05) is 40.6 Å². The highest BCUT2D eigenvalue weighted by Gasteiger charge is 2.09. The van der Waals surface area contributed by atoms with Crippen molar-refractivity contribution in [1.82, 2.24) is 20.2 Å². The van der Waals surface area contributed by atoms with Crippen molar-refractivity contribution in [1.29, 1.82) is 0 Å². The van der Waals surface area contributed by atoms with E-state index in [4.69, 9.17) is 5.73 Å². The molecule has 1 aromatic heterocycles. The number of tetrazole rings is 1.